The zero-order valence-corrected chi connectivity index (χ0v) is 19.5. The molecule has 1 aromatic carbocycles. The van der Waals surface area contributed by atoms with Gasteiger partial charge in [0.1, 0.15) is 30.1 Å². The molecule has 0 aliphatic heterocycles. The molecule has 0 unspecified atom stereocenters. The van der Waals surface area contributed by atoms with Crippen LogP contribution in [0.25, 0.3) is 33.1 Å². The van der Waals surface area contributed by atoms with Crippen LogP contribution in [0.2, 0.25) is 0 Å². The lowest BCUT2D eigenvalue weighted by Gasteiger charge is -2.30. The second-order valence-electron chi connectivity index (χ2n) is 9.74. The number of fused-ring (bicyclic) bond motifs is 4. The van der Waals surface area contributed by atoms with E-state index in [9.17, 15) is 4.79 Å². The molecule has 3 aromatic heterocycles. The number of nitrogen functional groups attached to an aromatic ring is 1. The molecule has 3 heterocycles. The van der Waals surface area contributed by atoms with Gasteiger partial charge in [-0.2, -0.15) is 0 Å². The number of carbonyl (C=O) groups is 1. The molecule has 2 aliphatic carbocycles. The summed E-state index contributed by atoms with van der Waals surface area (Å²) >= 11 is 0. The molecule has 8 heteroatoms. The van der Waals surface area contributed by atoms with Crippen LogP contribution in [0.1, 0.15) is 37.8 Å². The number of carbonyl (C=O) groups excluding carboxylic acids is 1. The Bertz CT molecular complexity index is 1520. The average Bonchev–Trinajstić information content (AvgIpc) is 3.52. The monoisotopic (exact) mass is 466 g/mol. The third kappa shape index (κ3) is 3.19. The first-order valence-electron chi connectivity index (χ1n) is 11.8. The summed E-state index contributed by atoms with van der Waals surface area (Å²) in [5.74, 6) is 3.26. The topological polar surface area (TPSA) is 108 Å². The third-order valence-electron chi connectivity index (χ3n) is 7.75. The highest BCUT2D eigenvalue weighted by molar-refractivity contribution is 6.04. The van der Waals surface area contributed by atoms with E-state index in [4.69, 9.17) is 16.9 Å². The molecule has 1 amide bonds. The van der Waals surface area contributed by atoms with Gasteiger partial charge in [0.15, 0.2) is 0 Å². The number of aromatic nitrogens is 4. The van der Waals surface area contributed by atoms with Gasteiger partial charge in [0.2, 0.25) is 5.91 Å². The fourth-order valence-electron chi connectivity index (χ4n) is 6.33. The summed E-state index contributed by atoms with van der Waals surface area (Å²) < 4.78 is 7.23. The molecular weight excluding hydrogens is 440 g/mol. The Kier molecular flexibility index (Phi) is 4.80. The fourth-order valence-corrected chi connectivity index (χ4v) is 6.33. The summed E-state index contributed by atoms with van der Waals surface area (Å²) in [6.45, 7) is 0.0552. The van der Waals surface area contributed by atoms with Crippen molar-refractivity contribution in [2.45, 2.75) is 43.2 Å². The molecule has 176 valence electrons. The Balaban J connectivity index is 1.54. The SMILES string of the molecule is C#Cc1c(-c2cnc3ccccc3c2)c2c(N)ncnc2n1C12CCC(NC(=O)COC)(CC1)C2. The van der Waals surface area contributed by atoms with Crippen LogP contribution in [0, 0.1) is 12.3 Å². The number of methoxy groups -OCH3 is 1. The van der Waals surface area contributed by atoms with E-state index in [2.05, 4.69) is 36.8 Å². The molecule has 4 aromatic rings. The first-order chi connectivity index (χ1) is 17.0. The second-order valence-corrected chi connectivity index (χ2v) is 9.74. The van der Waals surface area contributed by atoms with E-state index in [1.54, 1.807) is 0 Å². The lowest BCUT2D eigenvalue weighted by molar-refractivity contribution is -0.126. The van der Waals surface area contributed by atoms with Crippen molar-refractivity contribution in [3.63, 3.8) is 0 Å². The van der Waals surface area contributed by atoms with E-state index in [1.807, 2.05) is 30.5 Å². The molecule has 2 saturated carbocycles. The minimum absolute atomic E-state index is 0.0552. The minimum Gasteiger partial charge on any atom is -0.383 e. The van der Waals surface area contributed by atoms with Gasteiger partial charge in [-0.15, -0.1) is 6.42 Å². The summed E-state index contributed by atoms with van der Waals surface area (Å²) in [7, 11) is 1.53. The Morgan fingerprint density at radius 3 is 2.80 bits per heavy atom. The molecule has 2 bridgehead atoms. The van der Waals surface area contributed by atoms with Crippen LogP contribution in [0.5, 0.6) is 0 Å². The first kappa shape index (κ1) is 21.6. The highest BCUT2D eigenvalue weighted by atomic mass is 16.5. The predicted molar refractivity (Wildman–Crippen MR) is 134 cm³/mol. The van der Waals surface area contributed by atoms with Gasteiger partial charge in [-0.25, -0.2) is 9.97 Å². The van der Waals surface area contributed by atoms with E-state index in [1.165, 1.54) is 13.4 Å². The van der Waals surface area contributed by atoms with Crippen LogP contribution in [0.3, 0.4) is 0 Å². The maximum Gasteiger partial charge on any atom is 0.246 e. The molecule has 2 aliphatic rings. The Labute approximate surface area is 202 Å². The van der Waals surface area contributed by atoms with Gasteiger partial charge in [-0.3, -0.25) is 9.78 Å². The second kappa shape index (κ2) is 7.79. The van der Waals surface area contributed by atoms with Crippen molar-refractivity contribution in [1.29, 1.82) is 0 Å². The zero-order chi connectivity index (χ0) is 24.2. The number of nitrogens with two attached hydrogens (primary N) is 1. The lowest BCUT2D eigenvalue weighted by Crippen LogP contribution is -2.46. The number of rotatable bonds is 5. The summed E-state index contributed by atoms with van der Waals surface area (Å²) in [5, 5.41) is 5.01. The number of hydrogen-bond acceptors (Lipinski definition) is 6. The summed E-state index contributed by atoms with van der Waals surface area (Å²) in [6, 6.07) is 10.1. The van der Waals surface area contributed by atoms with Gasteiger partial charge in [0.05, 0.1) is 10.9 Å². The van der Waals surface area contributed by atoms with E-state index >= 15 is 0 Å². The van der Waals surface area contributed by atoms with E-state index in [0.29, 0.717) is 5.82 Å². The van der Waals surface area contributed by atoms with Crippen molar-refractivity contribution in [2.24, 2.45) is 0 Å². The Morgan fingerprint density at radius 2 is 2.03 bits per heavy atom. The number of pyridine rings is 1. The number of para-hydroxylation sites is 1. The number of nitrogens with one attached hydrogen (secondary N) is 1. The number of hydrogen-bond donors (Lipinski definition) is 2. The highest BCUT2D eigenvalue weighted by Crippen LogP contribution is 2.57. The van der Waals surface area contributed by atoms with Crippen LogP contribution in [-0.2, 0) is 15.1 Å². The van der Waals surface area contributed by atoms with Crippen LogP contribution < -0.4 is 11.1 Å². The van der Waals surface area contributed by atoms with Gasteiger partial charge in [0, 0.05) is 40.9 Å². The maximum atomic E-state index is 12.4. The average molecular weight is 467 g/mol. The van der Waals surface area contributed by atoms with Crippen molar-refractivity contribution < 1.29 is 9.53 Å². The fraction of sp³-hybridized carbons (Fsp3) is 0.333. The number of benzene rings is 1. The van der Waals surface area contributed by atoms with Crippen molar-refractivity contribution in [2.75, 3.05) is 19.5 Å². The molecule has 0 atom stereocenters. The summed E-state index contributed by atoms with van der Waals surface area (Å²) in [4.78, 5) is 26.0. The molecule has 2 fully saturated rings. The molecule has 8 nitrogen and oxygen atoms in total. The molecule has 3 N–H and O–H groups in total. The van der Waals surface area contributed by atoms with Gasteiger partial charge in [-0.05, 0) is 44.2 Å². The molecule has 6 rings (SSSR count). The largest absolute Gasteiger partial charge is 0.383 e. The van der Waals surface area contributed by atoms with Gasteiger partial charge >= 0.3 is 0 Å². The number of ether oxygens (including phenoxy) is 1. The molecule has 35 heavy (non-hydrogen) atoms. The Morgan fingerprint density at radius 1 is 1.23 bits per heavy atom. The van der Waals surface area contributed by atoms with E-state index in [0.717, 1.165) is 70.9 Å². The van der Waals surface area contributed by atoms with Crippen LogP contribution in [0.4, 0.5) is 5.82 Å². The molecule has 0 spiro atoms. The molecule has 0 saturated heterocycles. The van der Waals surface area contributed by atoms with E-state index < -0.39 is 0 Å². The van der Waals surface area contributed by atoms with Gasteiger partial charge in [0.25, 0.3) is 0 Å². The zero-order valence-electron chi connectivity index (χ0n) is 19.5. The van der Waals surface area contributed by atoms with Crippen LogP contribution >= 0.6 is 0 Å². The van der Waals surface area contributed by atoms with Crippen LogP contribution in [-0.4, -0.2) is 44.7 Å². The molecule has 0 radical (unpaired) electrons. The third-order valence-corrected chi connectivity index (χ3v) is 7.75. The highest BCUT2D eigenvalue weighted by Gasteiger charge is 2.57. The Hall–Kier alpha value is -3.96. The molecular formula is C27H26N6O2. The first-order valence-corrected chi connectivity index (χ1v) is 11.8. The van der Waals surface area contributed by atoms with Gasteiger partial charge < -0.3 is 20.4 Å². The number of nitrogens with zero attached hydrogens (tertiary/aromatic N) is 4. The maximum absolute atomic E-state index is 12.4. The minimum atomic E-state index is -0.263. The van der Waals surface area contributed by atoms with Crippen molar-refractivity contribution in [3.8, 4) is 23.5 Å². The normalized spacial score (nSPS) is 23.1. The summed E-state index contributed by atoms with van der Waals surface area (Å²) in [5.41, 5.74) is 10.0. The smallest absolute Gasteiger partial charge is 0.246 e. The predicted octanol–water partition coefficient (Wildman–Crippen LogP) is 3.38. The standard InChI is InChI=1S/C27H26N6O2/c1-3-20-22(18-12-17-6-4-5-7-19(17)29-13-18)23-24(28)30-16-31-25(23)33(20)27-10-8-26(15-27,9-11-27)32-21(34)14-35-2/h1,4-7,12-13,16H,8-11,14-15H2,2H3,(H,32,34)(H2,28,30,31). The van der Waals surface area contributed by atoms with Crippen molar-refractivity contribution in [3.05, 3.63) is 48.5 Å². The number of anilines is 1. The van der Waals surface area contributed by atoms with Crippen molar-refractivity contribution >= 4 is 33.7 Å². The van der Waals surface area contributed by atoms with Crippen molar-refractivity contribution in [1.82, 2.24) is 24.8 Å². The lowest BCUT2D eigenvalue weighted by atomic mass is 9.90. The number of amides is 1. The number of terminal acetylenes is 1. The van der Waals surface area contributed by atoms with Gasteiger partial charge in [-0.1, -0.05) is 24.1 Å². The quantitative estimate of drug-likeness (QED) is 0.437. The van der Waals surface area contributed by atoms with Crippen LogP contribution in [0.15, 0.2) is 42.9 Å². The summed E-state index contributed by atoms with van der Waals surface area (Å²) in [6.07, 6.45) is 13.8. The van der Waals surface area contributed by atoms with E-state index in [-0.39, 0.29) is 23.6 Å².